The van der Waals surface area contributed by atoms with E-state index in [0.717, 1.165) is 67.9 Å². The van der Waals surface area contributed by atoms with Crippen molar-refractivity contribution in [1.29, 1.82) is 0 Å². The van der Waals surface area contributed by atoms with E-state index in [4.69, 9.17) is 9.15 Å². The molecule has 0 bridgehead atoms. The molecule has 3 aromatic rings. The van der Waals surface area contributed by atoms with Crippen molar-refractivity contribution in [2.45, 2.75) is 32.2 Å². The summed E-state index contributed by atoms with van der Waals surface area (Å²) in [6.45, 7) is 4.20. The molecule has 0 unspecified atom stereocenters. The maximum atomic E-state index is 12.5. The molecule has 1 aliphatic carbocycles. The van der Waals surface area contributed by atoms with E-state index in [1.54, 1.807) is 6.26 Å². The first-order chi connectivity index (χ1) is 13.7. The lowest BCUT2D eigenvalue weighted by molar-refractivity contribution is -0.115. The van der Waals surface area contributed by atoms with Crippen LogP contribution in [0.5, 0.6) is 0 Å². The summed E-state index contributed by atoms with van der Waals surface area (Å²) < 4.78 is 11.1. The number of nitrogens with zero attached hydrogens (tertiary/aromatic N) is 2. The number of rotatable bonds is 5. The fraction of sp³-hybridized carbons (Fsp3) is 0.429. The lowest BCUT2D eigenvalue weighted by Gasteiger charge is -2.25. The predicted octanol–water partition coefficient (Wildman–Crippen LogP) is 3.39. The molecular weight excluding hydrogens is 374 g/mol. The number of benzene rings is 1. The van der Waals surface area contributed by atoms with Crippen LogP contribution in [0.2, 0.25) is 0 Å². The Bertz CT molecular complexity index is 1000. The number of amides is 1. The highest BCUT2D eigenvalue weighted by Crippen LogP contribution is 2.30. The summed E-state index contributed by atoms with van der Waals surface area (Å²) in [4.78, 5) is 19.4. The van der Waals surface area contributed by atoms with Gasteiger partial charge in [0.25, 0.3) is 0 Å². The van der Waals surface area contributed by atoms with Crippen LogP contribution < -0.4 is 5.32 Å². The number of morpholine rings is 1. The van der Waals surface area contributed by atoms with Gasteiger partial charge in [-0.2, -0.15) is 0 Å². The second kappa shape index (κ2) is 7.66. The van der Waals surface area contributed by atoms with Gasteiger partial charge in [0.2, 0.25) is 5.91 Å². The summed E-state index contributed by atoms with van der Waals surface area (Å²) in [5.74, 6) is -0.0597. The molecule has 1 aliphatic heterocycles. The number of thiazole rings is 1. The van der Waals surface area contributed by atoms with E-state index in [9.17, 15) is 4.79 Å². The predicted molar refractivity (Wildman–Crippen MR) is 109 cm³/mol. The van der Waals surface area contributed by atoms with Gasteiger partial charge in [0, 0.05) is 36.0 Å². The normalized spacial score (nSPS) is 17.1. The van der Waals surface area contributed by atoms with Crippen LogP contribution in [0.4, 0.5) is 5.13 Å². The number of aryl methyl sites for hydroxylation is 2. The summed E-state index contributed by atoms with van der Waals surface area (Å²) in [5.41, 5.74) is 5.58. The van der Waals surface area contributed by atoms with Gasteiger partial charge in [0.15, 0.2) is 5.13 Å². The average Bonchev–Trinajstić information content (AvgIpc) is 3.42. The Morgan fingerprint density at radius 2 is 2.04 bits per heavy atom. The molecule has 5 rings (SSSR count). The number of carbonyl (C=O) groups is 1. The highest BCUT2D eigenvalue weighted by atomic mass is 32.1. The molecule has 1 amide bonds. The number of carbonyl (C=O) groups excluding carboxylic acids is 1. The van der Waals surface area contributed by atoms with E-state index in [0.29, 0.717) is 11.6 Å². The topological polar surface area (TPSA) is 67.6 Å². The third-order valence-corrected chi connectivity index (χ3v) is 6.31. The van der Waals surface area contributed by atoms with Gasteiger partial charge in [-0.15, -0.1) is 11.3 Å². The summed E-state index contributed by atoms with van der Waals surface area (Å²) >= 11 is 1.47. The summed E-state index contributed by atoms with van der Waals surface area (Å²) in [6.07, 6.45) is 5.45. The number of ether oxygens (including phenoxy) is 1. The van der Waals surface area contributed by atoms with E-state index in [2.05, 4.69) is 27.3 Å². The average molecular weight is 398 g/mol. The SMILES string of the molecule is O=C(Cc1coc2cc3c(cc12)CCC3)Nc1nc(CN2CCOCC2)cs1. The molecule has 0 spiro atoms. The van der Waals surface area contributed by atoms with Crippen molar-refractivity contribution in [1.82, 2.24) is 9.88 Å². The molecule has 6 nitrogen and oxygen atoms in total. The Labute approximate surface area is 167 Å². The molecule has 0 atom stereocenters. The molecule has 0 radical (unpaired) electrons. The number of anilines is 1. The minimum absolute atomic E-state index is 0.0597. The second-order valence-corrected chi connectivity index (χ2v) is 8.35. The van der Waals surface area contributed by atoms with Crippen LogP contribution in [0.25, 0.3) is 11.0 Å². The van der Waals surface area contributed by atoms with Crippen molar-refractivity contribution < 1.29 is 13.9 Å². The third kappa shape index (κ3) is 3.70. The second-order valence-electron chi connectivity index (χ2n) is 7.49. The zero-order valence-corrected chi connectivity index (χ0v) is 16.5. The van der Waals surface area contributed by atoms with Gasteiger partial charge in [-0.1, -0.05) is 0 Å². The van der Waals surface area contributed by atoms with Gasteiger partial charge in [-0.05, 0) is 42.5 Å². The largest absolute Gasteiger partial charge is 0.464 e. The minimum atomic E-state index is -0.0597. The first-order valence-corrected chi connectivity index (χ1v) is 10.7. The van der Waals surface area contributed by atoms with Gasteiger partial charge < -0.3 is 14.5 Å². The fourth-order valence-electron chi connectivity index (χ4n) is 4.05. The third-order valence-electron chi connectivity index (χ3n) is 5.51. The molecule has 1 N–H and O–H groups in total. The Kier molecular flexibility index (Phi) is 4.88. The quantitative estimate of drug-likeness (QED) is 0.715. The molecule has 1 fully saturated rings. The molecular formula is C21H23N3O3S. The van der Waals surface area contributed by atoms with E-state index in [1.807, 2.05) is 5.38 Å². The summed E-state index contributed by atoms with van der Waals surface area (Å²) in [5, 5.41) is 6.67. The van der Waals surface area contributed by atoms with Crippen LogP contribution in [0.3, 0.4) is 0 Å². The molecule has 7 heteroatoms. The molecule has 0 saturated carbocycles. The Morgan fingerprint density at radius 3 is 2.89 bits per heavy atom. The standard InChI is InChI=1S/C21H23N3O3S/c25-20(23-21-22-17(13-28-21)11-24-4-6-26-7-5-24)10-16-12-27-19-9-15-3-1-2-14(15)8-18(16)19/h8-9,12-13H,1-7,10-11H2,(H,22,23,25). The monoisotopic (exact) mass is 397 g/mol. The Morgan fingerprint density at radius 1 is 1.21 bits per heavy atom. The number of hydrogen-bond acceptors (Lipinski definition) is 6. The number of hydrogen-bond donors (Lipinski definition) is 1. The molecule has 28 heavy (non-hydrogen) atoms. The van der Waals surface area contributed by atoms with E-state index < -0.39 is 0 Å². The molecule has 146 valence electrons. The highest BCUT2D eigenvalue weighted by molar-refractivity contribution is 7.13. The maximum absolute atomic E-state index is 12.5. The van der Waals surface area contributed by atoms with Gasteiger partial charge in [0.05, 0.1) is 31.6 Å². The van der Waals surface area contributed by atoms with Crippen LogP contribution in [-0.2, 0) is 35.3 Å². The van der Waals surface area contributed by atoms with Crippen LogP contribution in [0, 0.1) is 0 Å². The number of furan rings is 1. The number of nitrogens with one attached hydrogen (secondary N) is 1. The zero-order chi connectivity index (χ0) is 18.9. The molecule has 2 aromatic heterocycles. The summed E-state index contributed by atoms with van der Waals surface area (Å²) in [7, 11) is 0. The zero-order valence-electron chi connectivity index (χ0n) is 15.7. The van der Waals surface area contributed by atoms with Gasteiger partial charge in [0.1, 0.15) is 5.58 Å². The smallest absolute Gasteiger partial charge is 0.230 e. The van der Waals surface area contributed by atoms with Crippen molar-refractivity contribution in [3.05, 3.63) is 46.2 Å². The first-order valence-electron chi connectivity index (χ1n) is 9.81. The number of aromatic nitrogens is 1. The van der Waals surface area contributed by atoms with Crippen LogP contribution in [-0.4, -0.2) is 42.1 Å². The van der Waals surface area contributed by atoms with Crippen molar-refractivity contribution >= 4 is 33.3 Å². The van der Waals surface area contributed by atoms with Crippen molar-refractivity contribution in [3.8, 4) is 0 Å². The maximum Gasteiger partial charge on any atom is 0.230 e. The summed E-state index contributed by atoms with van der Waals surface area (Å²) in [6, 6.07) is 4.34. The van der Waals surface area contributed by atoms with Gasteiger partial charge in [-0.25, -0.2) is 4.98 Å². The van der Waals surface area contributed by atoms with Crippen LogP contribution >= 0.6 is 11.3 Å². The first kappa shape index (κ1) is 17.8. The minimum Gasteiger partial charge on any atom is -0.464 e. The lowest BCUT2D eigenvalue weighted by atomic mass is 10.0. The molecule has 1 saturated heterocycles. The van der Waals surface area contributed by atoms with E-state index in [1.165, 1.54) is 28.9 Å². The van der Waals surface area contributed by atoms with Crippen molar-refractivity contribution in [2.75, 3.05) is 31.6 Å². The molecule has 3 heterocycles. The van der Waals surface area contributed by atoms with Crippen molar-refractivity contribution in [3.63, 3.8) is 0 Å². The lowest BCUT2D eigenvalue weighted by Crippen LogP contribution is -2.35. The van der Waals surface area contributed by atoms with Gasteiger partial charge in [-0.3, -0.25) is 9.69 Å². The van der Waals surface area contributed by atoms with E-state index >= 15 is 0 Å². The highest BCUT2D eigenvalue weighted by Gasteiger charge is 2.18. The molecule has 2 aliphatic rings. The van der Waals surface area contributed by atoms with Crippen LogP contribution in [0.1, 0.15) is 28.8 Å². The Hall–Kier alpha value is -2.22. The van der Waals surface area contributed by atoms with Crippen molar-refractivity contribution in [2.24, 2.45) is 0 Å². The fourth-order valence-corrected chi connectivity index (χ4v) is 4.76. The van der Waals surface area contributed by atoms with E-state index in [-0.39, 0.29) is 5.91 Å². The number of fused-ring (bicyclic) bond motifs is 2. The van der Waals surface area contributed by atoms with Gasteiger partial charge >= 0.3 is 0 Å². The van der Waals surface area contributed by atoms with Crippen LogP contribution in [0.15, 0.2) is 28.2 Å². The molecule has 1 aromatic carbocycles. The Balaban J connectivity index is 1.23.